The van der Waals surface area contributed by atoms with E-state index in [-0.39, 0.29) is 23.9 Å². The minimum Gasteiger partial charge on any atom is -0.377 e. The van der Waals surface area contributed by atoms with Gasteiger partial charge in [-0.3, -0.25) is 0 Å². The Morgan fingerprint density at radius 3 is 2.59 bits per heavy atom. The number of nitrogens with zero attached hydrogens (tertiary/aromatic N) is 3. The van der Waals surface area contributed by atoms with E-state index in [1.165, 1.54) is 0 Å². The molecule has 0 bridgehead atoms. The number of anilines is 2. The van der Waals surface area contributed by atoms with Crippen LogP contribution in [-0.4, -0.2) is 56.3 Å². The van der Waals surface area contributed by atoms with Crippen molar-refractivity contribution in [1.29, 1.82) is 0 Å². The second-order valence-electron chi connectivity index (χ2n) is 8.75. The second-order valence-corrected chi connectivity index (χ2v) is 11.1. The highest BCUT2D eigenvalue weighted by Crippen LogP contribution is 2.41. The van der Waals surface area contributed by atoms with Gasteiger partial charge in [-0.2, -0.15) is 0 Å². The largest absolute Gasteiger partial charge is 0.377 e. The number of hydrogen-bond donors (Lipinski definition) is 2. The van der Waals surface area contributed by atoms with Crippen molar-refractivity contribution in [2.45, 2.75) is 49.8 Å². The zero-order valence-corrected chi connectivity index (χ0v) is 19.0. The number of morpholine rings is 1. The van der Waals surface area contributed by atoms with E-state index in [0.717, 1.165) is 18.4 Å². The molecular weight excluding hydrogens is 430 g/mol. The Morgan fingerprint density at radius 2 is 1.91 bits per heavy atom. The molecule has 1 aliphatic carbocycles. The number of carbonyl (C=O) groups excluding carboxylic acids is 1. The molecule has 3 heterocycles. The van der Waals surface area contributed by atoms with Crippen LogP contribution in [0.2, 0.25) is 0 Å². The van der Waals surface area contributed by atoms with Gasteiger partial charge >= 0.3 is 6.03 Å². The van der Waals surface area contributed by atoms with Gasteiger partial charge in [0.1, 0.15) is 11.1 Å². The SMILES string of the molecule is CC1COCCN1c1nc(-c2ccc(NC(=O)NC3CC3)cc2)nc2c1CS(=O)(=O)C2C. The number of fused-ring (bicyclic) bond motifs is 1. The predicted molar refractivity (Wildman–Crippen MR) is 121 cm³/mol. The summed E-state index contributed by atoms with van der Waals surface area (Å²) in [6.45, 7) is 5.53. The molecule has 3 aliphatic rings. The fraction of sp³-hybridized carbons (Fsp3) is 0.500. The number of aromatic nitrogens is 2. The van der Waals surface area contributed by atoms with Gasteiger partial charge in [0.05, 0.1) is 30.7 Å². The monoisotopic (exact) mass is 457 g/mol. The molecule has 32 heavy (non-hydrogen) atoms. The lowest BCUT2D eigenvalue weighted by molar-refractivity contribution is 0.0984. The third kappa shape index (κ3) is 4.04. The number of carbonyl (C=O) groups is 1. The number of amides is 2. The lowest BCUT2D eigenvalue weighted by Crippen LogP contribution is -2.44. The van der Waals surface area contributed by atoms with Gasteiger partial charge in [-0.05, 0) is 51.0 Å². The van der Waals surface area contributed by atoms with Crippen molar-refractivity contribution in [3.05, 3.63) is 35.5 Å². The van der Waals surface area contributed by atoms with Gasteiger partial charge in [0.15, 0.2) is 15.7 Å². The first-order chi connectivity index (χ1) is 15.3. The molecule has 9 nitrogen and oxygen atoms in total. The average Bonchev–Trinajstić information content (AvgIpc) is 3.54. The Morgan fingerprint density at radius 1 is 1.16 bits per heavy atom. The normalized spacial score (nSPS) is 24.1. The first kappa shape index (κ1) is 21.1. The van der Waals surface area contributed by atoms with Crippen LogP contribution in [0.5, 0.6) is 0 Å². The number of sulfone groups is 1. The van der Waals surface area contributed by atoms with Crippen LogP contribution < -0.4 is 15.5 Å². The quantitative estimate of drug-likeness (QED) is 0.725. The molecule has 10 heteroatoms. The minimum absolute atomic E-state index is 0.0395. The van der Waals surface area contributed by atoms with E-state index >= 15 is 0 Å². The van der Waals surface area contributed by atoms with E-state index in [1.807, 2.05) is 19.1 Å². The van der Waals surface area contributed by atoms with Gasteiger partial charge in [0.25, 0.3) is 0 Å². The molecule has 1 saturated carbocycles. The van der Waals surface area contributed by atoms with Crippen LogP contribution in [-0.2, 0) is 20.3 Å². The summed E-state index contributed by atoms with van der Waals surface area (Å²) < 4.78 is 30.9. The molecule has 0 radical (unpaired) electrons. The van der Waals surface area contributed by atoms with Crippen molar-refractivity contribution < 1.29 is 17.9 Å². The number of ether oxygens (including phenoxy) is 1. The predicted octanol–water partition coefficient (Wildman–Crippen LogP) is 2.64. The molecular formula is C22H27N5O4S. The third-order valence-corrected chi connectivity index (χ3v) is 8.23. The molecule has 1 saturated heterocycles. The molecule has 2 atom stereocenters. The van der Waals surface area contributed by atoms with E-state index < -0.39 is 15.1 Å². The van der Waals surface area contributed by atoms with Crippen LogP contribution >= 0.6 is 0 Å². The van der Waals surface area contributed by atoms with Gasteiger partial charge in [-0.15, -0.1) is 0 Å². The molecule has 170 valence electrons. The number of nitrogens with one attached hydrogen (secondary N) is 2. The molecule has 1 aromatic carbocycles. The minimum atomic E-state index is -3.30. The highest BCUT2D eigenvalue weighted by Gasteiger charge is 2.39. The van der Waals surface area contributed by atoms with Crippen molar-refractivity contribution in [3.8, 4) is 11.4 Å². The van der Waals surface area contributed by atoms with E-state index in [2.05, 4.69) is 20.5 Å². The summed E-state index contributed by atoms with van der Waals surface area (Å²) in [7, 11) is -3.30. The number of benzene rings is 1. The maximum absolute atomic E-state index is 12.7. The molecule has 0 spiro atoms. The molecule has 5 rings (SSSR count). The van der Waals surface area contributed by atoms with Crippen LogP contribution in [0.3, 0.4) is 0 Å². The Kier molecular flexibility index (Phi) is 5.29. The van der Waals surface area contributed by atoms with Crippen LogP contribution in [0.25, 0.3) is 11.4 Å². The smallest absolute Gasteiger partial charge is 0.319 e. The summed E-state index contributed by atoms with van der Waals surface area (Å²) in [6.07, 6.45) is 2.06. The van der Waals surface area contributed by atoms with Crippen LogP contribution in [0.15, 0.2) is 24.3 Å². The lowest BCUT2D eigenvalue weighted by Gasteiger charge is -2.35. The maximum atomic E-state index is 12.7. The average molecular weight is 458 g/mol. The molecule has 2 fully saturated rings. The fourth-order valence-electron chi connectivity index (χ4n) is 4.15. The van der Waals surface area contributed by atoms with Gasteiger partial charge < -0.3 is 20.3 Å². The Hall–Kier alpha value is -2.72. The third-order valence-electron chi connectivity index (χ3n) is 6.24. The van der Waals surface area contributed by atoms with Gasteiger partial charge in [0, 0.05) is 29.4 Å². The van der Waals surface area contributed by atoms with Gasteiger partial charge in [-0.25, -0.2) is 23.2 Å². The molecule has 2 amide bonds. The summed E-state index contributed by atoms with van der Waals surface area (Å²) in [6, 6.07) is 7.45. The zero-order valence-electron chi connectivity index (χ0n) is 18.2. The van der Waals surface area contributed by atoms with E-state index in [0.29, 0.717) is 48.3 Å². The first-order valence-electron chi connectivity index (χ1n) is 11.0. The lowest BCUT2D eigenvalue weighted by atomic mass is 10.1. The molecule has 2 unspecified atom stereocenters. The second kappa shape index (κ2) is 8.00. The van der Waals surface area contributed by atoms with E-state index in [4.69, 9.17) is 9.72 Å². The summed E-state index contributed by atoms with van der Waals surface area (Å²) in [5.41, 5.74) is 2.71. The summed E-state index contributed by atoms with van der Waals surface area (Å²) >= 11 is 0. The van der Waals surface area contributed by atoms with Crippen LogP contribution in [0.4, 0.5) is 16.3 Å². The van der Waals surface area contributed by atoms with E-state index in [1.54, 1.807) is 19.1 Å². The summed E-state index contributed by atoms with van der Waals surface area (Å²) in [4.78, 5) is 23.6. The number of urea groups is 1. The van der Waals surface area contributed by atoms with Crippen molar-refractivity contribution in [2.24, 2.45) is 0 Å². The topological polar surface area (TPSA) is 114 Å². The van der Waals surface area contributed by atoms with Crippen molar-refractivity contribution in [1.82, 2.24) is 15.3 Å². The summed E-state index contributed by atoms with van der Waals surface area (Å²) in [5, 5.41) is 5.05. The maximum Gasteiger partial charge on any atom is 0.319 e. The zero-order chi connectivity index (χ0) is 22.5. The van der Waals surface area contributed by atoms with Gasteiger partial charge in [0.2, 0.25) is 0 Å². The highest BCUT2D eigenvalue weighted by atomic mass is 32.2. The molecule has 1 aromatic heterocycles. The Bertz CT molecular complexity index is 1150. The van der Waals surface area contributed by atoms with Crippen LogP contribution in [0, 0.1) is 0 Å². The van der Waals surface area contributed by atoms with Crippen molar-refractivity contribution in [2.75, 3.05) is 30.0 Å². The van der Waals surface area contributed by atoms with Gasteiger partial charge in [-0.1, -0.05) is 0 Å². The first-order valence-corrected chi connectivity index (χ1v) is 12.7. The van der Waals surface area contributed by atoms with Crippen LogP contribution in [0.1, 0.15) is 43.2 Å². The Balaban J connectivity index is 1.48. The molecule has 2 aromatic rings. The Labute approximate surface area is 187 Å². The van der Waals surface area contributed by atoms with Crippen molar-refractivity contribution >= 4 is 27.4 Å². The summed E-state index contributed by atoms with van der Waals surface area (Å²) in [5.74, 6) is 1.12. The number of hydrogen-bond acceptors (Lipinski definition) is 7. The van der Waals surface area contributed by atoms with Crippen molar-refractivity contribution in [3.63, 3.8) is 0 Å². The standard InChI is InChI=1S/C22H27N5O4S/c1-13-11-31-10-9-27(13)21-18-12-32(29,30)14(2)19(18)25-20(26-21)15-3-5-16(6-4-15)23-22(28)24-17-7-8-17/h3-6,13-14,17H,7-12H2,1-2H3,(H2,23,24,28). The molecule has 2 N–H and O–H groups in total. The molecule has 2 aliphatic heterocycles. The fourth-order valence-corrected chi connectivity index (χ4v) is 5.62. The van der Waals surface area contributed by atoms with E-state index in [9.17, 15) is 13.2 Å². The highest BCUT2D eigenvalue weighted by molar-refractivity contribution is 7.91. The number of rotatable bonds is 4.